The molecule has 0 heterocycles. The van der Waals surface area contributed by atoms with E-state index in [1.54, 1.807) is 48.5 Å². The van der Waals surface area contributed by atoms with Gasteiger partial charge in [0.15, 0.2) is 0 Å². The average Bonchev–Trinajstić information content (AvgIpc) is 2.76. The van der Waals surface area contributed by atoms with Crippen LogP contribution in [0.15, 0.2) is 48.5 Å². The molecule has 2 N–H and O–H groups in total. The predicted octanol–water partition coefficient (Wildman–Crippen LogP) is 5.45. The zero-order valence-corrected chi connectivity index (χ0v) is 18.0. The summed E-state index contributed by atoms with van der Waals surface area (Å²) in [6.45, 7) is 5.59. The van der Waals surface area contributed by atoms with Crippen molar-refractivity contribution >= 4 is 23.6 Å². The second-order valence-corrected chi connectivity index (χ2v) is 6.50. The monoisotopic (exact) mass is 430 g/mol. The molecule has 0 aromatic heterocycles. The van der Waals surface area contributed by atoms with Gasteiger partial charge in [-0.1, -0.05) is 0 Å². The van der Waals surface area contributed by atoms with Crippen molar-refractivity contribution in [2.24, 2.45) is 0 Å². The van der Waals surface area contributed by atoms with Crippen LogP contribution in [0.2, 0.25) is 0 Å². The topological polar surface area (TPSA) is 95.1 Å². The zero-order valence-electron chi connectivity index (χ0n) is 18.0. The first-order chi connectivity index (χ1) is 15.1. The molecule has 0 spiro atoms. The molecule has 0 saturated carbocycles. The minimum absolute atomic E-state index is 0.293. The largest absolute Gasteiger partial charge is 0.494 e. The average molecular weight is 431 g/mol. The third kappa shape index (κ3) is 9.75. The first-order valence-electron chi connectivity index (χ1n) is 10.4. The quantitative estimate of drug-likeness (QED) is 0.435. The second-order valence-electron chi connectivity index (χ2n) is 6.50. The van der Waals surface area contributed by atoms with E-state index >= 15 is 0 Å². The number of nitrogens with one attached hydrogen (secondary N) is 2. The number of carbonyl (C=O) groups excluding carboxylic acids is 2. The Labute approximate surface area is 182 Å². The lowest BCUT2D eigenvalue weighted by atomic mass is 10.2. The third-order valence-corrected chi connectivity index (χ3v) is 4.08. The first-order valence-corrected chi connectivity index (χ1v) is 10.4. The normalized spacial score (nSPS) is 10.1. The number of hydrogen-bond donors (Lipinski definition) is 2. The minimum atomic E-state index is -0.504. The van der Waals surface area contributed by atoms with Crippen molar-refractivity contribution in [3.8, 4) is 11.5 Å². The molecule has 0 atom stereocenters. The summed E-state index contributed by atoms with van der Waals surface area (Å²) in [7, 11) is 0. The number of anilines is 2. The molecule has 0 bridgehead atoms. The van der Waals surface area contributed by atoms with Crippen molar-refractivity contribution in [2.45, 2.75) is 33.1 Å². The summed E-state index contributed by atoms with van der Waals surface area (Å²) in [4.78, 5) is 23.6. The van der Waals surface area contributed by atoms with Gasteiger partial charge in [-0.2, -0.15) is 0 Å². The van der Waals surface area contributed by atoms with Gasteiger partial charge < -0.3 is 18.9 Å². The summed E-state index contributed by atoms with van der Waals surface area (Å²) in [6, 6.07) is 14.1. The van der Waals surface area contributed by atoms with E-state index in [9.17, 15) is 9.59 Å². The third-order valence-electron chi connectivity index (χ3n) is 4.08. The van der Waals surface area contributed by atoms with E-state index in [2.05, 4.69) is 10.6 Å². The Morgan fingerprint density at radius 3 is 1.39 bits per heavy atom. The number of carbonyl (C=O) groups is 2. The van der Waals surface area contributed by atoms with Crippen molar-refractivity contribution in [3.05, 3.63) is 48.5 Å². The van der Waals surface area contributed by atoms with E-state index in [0.29, 0.717) is 50.6 Å². The summed E-state index contributed by atoms with van der Waals surface area (Å²) < 4.78 is 21.0. The highest BCUT2D eigenvalue weighted by molar-refractivity contribution is 5.85. The minimum Gasteiger partial charge on any atom is -0.494 e. The van der Waals surface area contributed by atoms with Crippen LogP contribution in [0, 0.1) is 0 Å². The van der Waals surface area contributed by atoms with E-state index < -0.39 is 12.2 Å². The molecule has 0 fully saturated rings. The fourth-order valence-corrected chi connectivity index (χ4v) is 2.62. The van der Waals surface area contributed by atoms with Crippen LogP contribution < -0.4 is 20.1 Å². The lowest BCUT2D eigenvalue weighted by Gasteiger charge is -2.09. The Morgan fingerprint density at radius 2 is 1.03 bits per heavy atom. The molecule has 0 unspecified atom stereocenters. The van der Waals surface area contributed by atoms with Crippen molar-refractivity contribution in [1.29, 1.82) is 0 Å². The molecule has 31 heavy (non-hydrogen) atoms. The lowest BCUT2D eigenvalue weighted by molar-refractivity contribution is 0.151. The molecule has 2 amide bonds. The number of rotatable bonds is 12. The molecule has 0 aliphatic heterocycles. The summed E-state index contributed by atoms with van der Waals surface area (Å²) in [5, 5.41) is 5.32. The number of ether oxygens (including phenoxy) is 4. The van der Waals surface area contributed by atoms with E-state index in [-0.39, 0.29) is 0 Å². The maximum Gasteiger partial charge on any atom is 0.411 e. The summed E-state index contributed by atoms with van der Waals surface area (Å²) in [5.74, 6) is 1.49. The molecule has 2 aromatic rings. The Hall–Kier alpha value is -3.42. The maximum atomic E-state index is 11.8. The van der Waals surface area contributed by atoms with Gasteiger partial charge >= 0.3 is 12.2 Å². The van der Waals surface area contributed by atoms with Crippen LogP contribution in [0.5, 0.6) is 11.5 Å². The van der Waals surface area contributed by atoms with Crippen molar-refractivity contribution < 1.29 is 28.5 Å². The standard InChI is InChI=1S/C23H30N2O6/c1-3-28-20-12-8-18(9-13-20)24-22(26)30-16-6-5-7-17-31-23(27)25-19-10-14-21(15-11-19)29-4-2/h8-15H,3-7,16-17H2,1-2H3,(H,24,26)(H,25,27). The van der Waals surface area contributed by atoms with Gasteiger partial charge in [-0.3, -0.25) is 10.6 Å². The number of unbranched alkanes of at least 4 members (excludes halogenated alkanes) is 2. The van der Waals surface area contributed by atoms with Crippen LogP contribution in [0.3, 0.4) is 0 Å². The Bertz CT molecular complexity index is 725. The first kappa shape index (κ1) is 23.9. The molecule has 2 aromatic carbocycles. The predicted molar refractivity (Wildman–Crippen MR) is 119 cm³/mol. The fraction of sp³-hybridized carbons (Fsp3) is 0.391. The SMILES string of the molecule is CCOc1ccc(NC(=O)OCCCCCOC(=O)Nc2ccc(OCC)cc2)cc1. The van der Waals surface area contributed by atoms with Crippen LogP contribution in [0.25, 0.3) is 0 Å². The van der Waals surface area contributed by atoms with E-state index in [1.165, 1.54) is 0 Å². The van der Waals surface area contributed by atoms with Crippen LogP contribution in [0.4, 0.5) is 21.0 Å². The van der Waals surface area contributed by atoms with Gasteiger partial charge in [0.2, 0.25) is 0 Å². The van der Waals surface area contributed by atoms with Crippen molar-refractivity contribution in [2.75, 3.05) is 37.1 Å². The second kappa shape index (κ2) is 13.7. The van der Waals surface area contributed by atoms with Crippen molar-refractivity contribution in [3.63, 3.8) is 0 Å². The molecule has 0 saturated heterocycles. The Balaban J connectivity index is 1.50. The summed E-state index contributed by atoms with van der Waals surface area (Å²) in [6.07, 6.45) is 1.12. The lowest BCUT2D eigenvalue weighted by Crippen LogP contribution is -2.15. The summed E-state index contributed by atoms with van der Waals surface area (Å²) in [5.41, 5.74) is 1.28. The smallest absolute Gasteiger partial charge is 0.411 e. The Morgan fingerprint density at radius 1 is 0.645 bits per heavy atom. The van der Waals surface area contributed by atoms with Gasteiger partial charge in [-0.25, -0.2) is 9.59 Å². The molecular weight excluding hydrogens is 400 g/mol. The van der Waals surface area contributed by atoms with Crippen LogP contribution in [0.1, 0.15) is 33.1 Å². The van der Waals surface area contributed by atoms with Crippen LogP contribution in [-0.4, -0.2) is 38.6 Å². The molecule has 8 nitrogen and oxygen atoms in total. The number of benzene rings is 2. The zero-order chi connectivity index (χ0) is 22.3. The maximum absolute atomic E-state index is 11.8. The van der Waals surface area contributed by atoms with E-state index in [0.717, 1.165) is 17.9 Å². The molecule has 8 heteroatoms. The van der Waals surface area contributed by atoms with Crippen molar-refractivity contribution in [1.82, 2.24) is 0 Å². The number of amides is 2. The van der Waals surface area contributed by atoms with Gasteiger partial charge in [0.1, 0.15) is 11.5 Å². The van der Waals surface area contributed by atoms with E-state index in [4.69, 9.17) is 18.9 Å². The van der Waals surface area contributed by atoms with Crippen LogP contribution in [-0.2, 0) is 9.47 Å². The van der Waals surface area contributed by atoms with Crippen LogP contribution >= 0.6 is 0 Å². The van der Waals surface area contributed by atoms with Gasteiger partial charge in [0.05, 0.1) is 26.4 Å². The van der Waals surface area contributed by atoms with Gasteiger partial charge in [-0.15, -0.1) is 0 Å². The highest BCUT2D eigenvalue weighted by Crippen LogP contribution is 2.16. The summed E-state index contributed by atoms with van der Waals surface area (Å²) >= 11 is 0. The molecule has 2 rings (SSSR count). The molecule has 0 radical (unpaired) electrons. The van der Waals surface area contributed by atoms with E-state index in [1.807, 2.05) is 13.8 Å². The molecule has 168 valence electrons. The molecule has 0 aliphatic rings. The van der Waals surface area contributed by atoms with Gasteiger partial charge in [-0.05, 0) is 81.6 Å². The molecular formula is C23H30N2O6. The Kier molecular flexibility index (Phi) is 10.6. The highest BCUT2D eigenvalue weighted by atomic mass is 16.6. The highest BCUT2D eigenvalue weighted by Gasteiger charge is 2.05. The fourth-order valence-electron chi connectivity index (χ4n) is 2.62. The van der Waals surface area contributed by atoms with Gasteiger partial charge in [0.25, 0.3) is 0 Å². The molecule has 0 aliphatic carbocycles. The van der Waals surface area contributed by atoms with Gasteiger partial charge in [0, 0.05) is 11.4 Å². The number of hydrogen-bond acceptors (Lipinski definition) is 6.